The molecule has 160 valence electrons. The first-order valence-corrected chi connectivity index (χ1v) is 9.21. The van der Waals surface area contributed by atoms with Gasteiger partial charge < -0.3 is 19.9 Å². The van der Waals surface area contributed by atoms with Gasteiger partial charge in [-0.15, -0.1) is 0 Å². The number of aliphatic carboxylic acids is 1. The summed E-state index contributed by atoms with van der Waals surface area (Å²) in [5.74, 6) is -1.24. The third kappa shape index (κ3) is 7.08. The quantitative estimate of drug-likeness (QED) is 0.496. The predicted molar refractivity (Wildman–Crippen MR) is 108 cm³/mol. The number of carboxylic acids is 1. The lowest BCUT2D eigenvalue weighted by Crippen LogP contribution is -2.44. The predicted octanol–water partition coefficient (Wildman–Crippen LogP) is 3.69. The summed E-state index contributed by atoms with van der Waals surface area (Å²) in [7, 11) is 0. The topological polar surface area (TPSA) is 128 Å². The largest absolute Gasteiger partial charge is 0.482 e. The summed E-state index contributed by atoms with van der Waals surface area (Å²) < 4.78 is 10.7. The number of rotatable bonds is 8. The Hall–Kier alpha value is -3.62. The first-order chi connectivity index (χ1) is 14.0. The molecular weight excluding hydrogens is 392 g/mol. The van der Waals surface area contributed by atoms with Crippen LogP contribution in [0.3, 0.4) is 0 Å². The molecule has 1 atom stereocenters. The molecule has 2 rings (SSSR count). The Morgan fingerprint density at radius 1 is 1.13 bits per heavy atom. The minimum atomic E-state index is -1.27. The van der Waals surface area contributed by atoms with Crippen molar-refractivity contribution in [1.29, 1.82) is 0 Å². The Labute approximate surface area is 173 Å². The molecule has 0 radical (unpaired) electrons. The number of nitro groups is 1. The number of amides is 1. The molecule has 0 aliphatic rings. The molecule has 2 aromatic rings. The number of nitro benzene ring substituents is 1. The average Bonchev–Trinajstić information content (AvgIpc) is 2.65. The van der Waals surface area contributed by atoms with Gasteiger partial charge in [0.15, 0.2) is 5.75 Å². The molecule has 1 unspecified atom stereocenters. The molecule has 0 aliphatic heterocycles. The van der Waals surface area contributed by atoms with Crippen LogP contribution in [0.15, 0.2) is 48.5 Å². The Morgan fingerprint density at radius 2 is 1.80 bits per heavy atom. The number of alkyl carbamates (subject to hydrolysis) is 1. The van der Waals surface area contributed by atoms with Crippen LogP contribution in [0.2, 0.25) is 0 Å². The van der Waals surface area contributed by atoms with Gasteiger partial charge in [-0.1, -0.05) is 36.4 Å². The smallest absolute Gasteiger partial charge is 0.408 e. The summed E-state index contributed by atoms with van der Waals surface area (Å²) in [5, 5.41) is 23.0. The molecule has 30 heavy (non-hydrogen) atoms. The van der Waals surface area contributed by atoms with E-state index >= 15 is 0 Å². The molecule has 1 amide bonds. The van der Waals surface area contributed by atoms with Crippen LogP contribution in [-0.2, 0) is 22.6 Å². The van der Waals surface area contributed by atoms with E-state index in [1.54, 1.807) is 20.8 Å². The molecule has 9 nitrogen and oxygen atoms in total. The van der Waals surface area contributed by atoms with Crippen LogP contribution in [0, 0.1) is 10.1 Å². The minimum Gasteiger partial charge on any atom is -0.482 e. The molecule has 0 aliphatic carbocycles. The molecular formula is C21H24N2O7. The number of carbonyl (C=O) groups is 2. The average molecular weight is 416 g/mol. The highest BCUT2D eigenvalue weighted by atomic mass is 16.6. The van der Waals surface area contributed by atoms with Crippen LogP contribution in [-0.4, -0.2) is 33.7 Å². The van der Waals surface area contributed by atoms with Crippen molar-refractivity contribution in [2.75, 3.05) is 0 Å². The van der Waals surface area contributed by atoms with Gasteiger partial charge in [-0.05, 0) is 38.0 Å². The van der Waals surface area contributed by atoms with Crippen LogP contribution in [0.1, 0.15) is 31.9 Å². The van der Waals surface area contributed by atoms with Crippen LogP contribution in [0.4, 0.5) is 10.5 Å². The molecule has 0 spiro atoms. The van der Waals surface area contributed by atoms with E-state index in [1.807, 2.05) is 30.3 Å². The van der Waals surface area contributed by atoms with Crippen molar-refractivity contribution in [3.63, 3.8) is 0 Å². The number of hydrogen-bond acceptors (Lipinski definition) is 6. The fourth-order valence-corrected chi connectivity index (χ4v) is 2.57. The van der Waals surface area contributed by atoms with Gasteiger partial charge in [0.1, 0.15) is 18.2 Å². The lowest BCUT2D eigenvalue weighted by atomic mass is 10.0. The van der Waals surface area contributed by atoms with E-state index in [9.17, 15) is 24.8 Å². The maximum atomic E-state index is 11.9. The zero-order chi connectivity index (χ0) is 22.3. The second kappa shape index (κ2) is 9.73. The Bertz CT molecular complexity index is 907. The van der Waals surface area contributed by atoms with E-state index in [0.717, 1.165) is 5.56 Å². The first kappa shape index (κ1) is 22.7. The van der Waals surface area contributed by atoms with Crippen molar-refractivity contribution in [2.45, 2.75) is 45.4 Å². The second-order valence-corrected chi connectivity index (χ2v) is 7.57. The van der Waals surface area contributed by atoms with Gasteiger partial charge in [-0.3, -0.25) is 10.1 Å². The van der Waals surface area contributed by atoms with Crippen molar-refractivity contribution < 1.29 is 29.1 Å². The van der Waals surface area contributed by atoms with E-state index in [0.29, 0.717) is 5.56 Å². The monoisotopic (exact) mass is 416 g/mol. The minimum absolute atomic E-state index is 0.0164. The number of carbonyl (C=O) groups excluding carboxylic acids is 1. The summed E-state index contributed by atoms with van der Waals surface area (Å²) in [5.41, 5.74) is 0.264. The highest BCUT2D eigenvalue weighted by Crippen LogP contribution is 2.29. The van der Waals surface area contributed by atoms with Gasteiger partial charge in [0.2, 0.25) is 0 Å². The number of nitrogens with zero attached hydrogens (tertiary/aromatic N) is 1. The van der Waals surface area contributed by atoms with Gasteiger partial charge in [0, 0.05) is 12.5 Å². The van der Waals surface area contributed by atoms with Gasteiger partial charge in [-0.2, -0.15) is 0 Å². The summed E-state index contributed by atoms with van der Waals surface area (Å²) in [6.45, 7) is 5.10. The summed E-state index contributed by atoms with van der Waals surface area (Å²) in [6.07, 6.45) is -0.966. The maximum Gasteiger partial charge on any atom is 0.408 e. The van der Waals surface area contributed by atoms with E-state index in [-0.39, 0.29) is 24.5 Å². The normalized spacial score (nSPS) is 12.0. The lowest BCUT2D eigenvalue weighted by molar-refractivity contribution is -0.386. The third-order valence-corrected chi connectivity index (χ3v) is 3.89. The van der Waals surface area contributed by atoms with Crippen molar-refractivity contribution in [3.05, 3.63) is 69.8 Å². The number of benzene rings is 2. The Kier molecular flexibility index (Phi) is 7.35. The highest BCUT2D eigenvalue weighted by Gasteiger charge is 2.25. The van der Waals surface area contributed by atoms with Gasteiger partial charge in [0.05, 0.1) is 4.92 Å². The summed E-state index contributed by atoms with van der Waals surface area (Å²) >= 11 is 0. The zero-order valence-corrected chi connectivity index (χ0v) is 17.0. The Morgan fingerprint density at radius 3 is 2.37 bits per heavy atom. The van der Waals surface area contributed by atoms with Crippen LogP contribution in [0.25, 0.3) is 0 Å². The highest BCUT2D eigenvalue weighted by molar-refractivity contribution is 5.80. The van der Waals surface area contributed by atoms with Gasteiger partial charge in [0.25, 0.3) is 0 Å². The zero-order valence-electron chi connectivity index (χ0n) is 17.0. The molecule has 0 aromatic heterocycles. The van der Waals surface area contributed by atoms with Crippen LogP contribution < -0.4 is 10.1 Å². The van der Waals surface area contributed by atoms with Crippen LogP contribution >= 0.6 is 0 Å². The Balaban J connectivity index is 2.17. The number of hydrogen-bond donors (Lipinski definition) is 2. The van der Waals surface area contributed by atoms with E-state index in [1.165, 1.54) is 18.2 Å². The molecule has 0 bridgehead atoms. The fraction of sp³-hybridized carbons (Fsp3) is 0.333. The van der Waals surface area contributed by atoms with Crippen molar-refractivity contribution >= 4 is 17.7 Å². The lowest BCUT2D eigenvalue weighted by Gasteiger charge is -2.22. The van der Waals surface area contributed by atoms with Gasteiger partial charge >= 0.3 is 17.7 Å². The molecule has 0 saturated heterocycles. The van der Waals surface area contributed by atoms with Crippen molar-refractivity contribution in [2.24, 2.45) is 0 Å². The van der Waals surface area contributed by atoms with Crippen molar-refractivity contribution in [3.8, 4) is 5.75 Å². The SMILES string of the molecule is CC(C)(C)OC(=O)NC(Cc1ccc([N+](=O)[O-])c(OCc2ccccc2)c1)C(=O)O. The molecule has 0 fully saturated rings. The summed E-state index contributed by atoms with van der Waals surface area (Å²) in [6, 6.07) is 11.9. The molecule has 0 saturated carbocycles. The summed E-state index contributed by atoms with van der Waals surface area (Å²) in [4.78, 5) is 34.2. The first-order valence-electron chi connectivity index (χ1n) is 9.21. The van der Waals surface area contributed by atoms with E-state index in [2.05, 4.69) is 5.32 Å². The van der Waals surface area contributed by atoms with E-state index < -0.39 is 28.6 Å². The number of carboxylic acid groups (broad SMARTS) is 1. The molecule has 2 aromatic carbocycles. The molecule has 0 heterocycles. The second-order valence-electron chi connectivity index (χ2n) is 7.57. The number of ether oxygens (including phenoxy) is 2. The molecule has 9 heteroatoms. The number of nitrogens with one attached hydrogen (secondary N) is 1. The standard InChI is InChI=1S/C21H24N2O7/c1-21(2,3)30-20(26)22-16(19(24)25)11-15-9-10-17(23(27)28)18(12-15)29-13-14-7-5-4-6-8-14/h4-10,12,16H,11,13H2,1-3H3,(H,22,26)(H,24,25). The maximum absolute atomic E-state index is 11.9. The van der Waals surface area contributed by atoms with E-state index in [4.69, 9.17) is 9.47 Å². The van der Waals surface area contributed by atoms with Crippen molar-refractivity contribution in [1.82, 2.24) is 5.32 Å². The van der Waals surface area contributed by atoms with Gasteiger partial charge in [-0.25, -0.2) is 9.59 Å². The third-order valence-electron chi connectivity index (χ3n) is 3.89. The fourth-order valence-electron chi connectivity index (χ4n) is 2.57. The molecule has 2 N–H and O–H groups in total. The van der Waals surface area contributed by atoms with Crippen LogP contribution in [0.5, 0.6) is 5.75 Å².